The van der Waals surface area contributed by atoms with Gasteiger partial charge in [-0.3, -0.25) is 0 Å². The number of hydrogen-bond donors (Lipinski definition) is 0. The number of rotatable bonds is 5. The molecule has 4 heteroatoms. The first kappa shape index (κ1) is 40.8. The van der Waals surface area contributed by atoms with Gasteiger partial charge >= 0.3 is 0 Å². The fourth-order valence-electron chi connectivity index (χ4n) is 12.0. The predicted molar refractivity (Wildman–Crippen MR) is 275 cm³/mol. The highest BCUT2D eigenvalue weighted by Gasteiger charge is 2.49. The summed E-state index contributed by atoms with van der Waals surface area (Å²) in [6.45, 7) is 24.4. The van der Waals surface area contributed by atoms with E-state index in [0.29, 0.717) is 0 Å². The van der Waals surface area contributed by atoms with Crippen molar-refractivity contribution in [2.75, 3.05) is 14.7 Å². The van der Waals surface area contributed by atoms with Crippen molar-refractivity contribution in [1.29, 1.82) is 0 Å². The van der Waals surface area contributed by atoms with Crippen LogP contribution in [0.4, 0.5) is 51.2 Å². The summed E-state index contributed by atoms with van der Waals surface area (Å²) < 4.78 is 0. The molecule has 2 aliphatic carbocycles. The maximum atomic E-state index is 2.68. The third-order valence-electron chi connectivity index (χ3n) is 16.0. The molecule has 0 fully saturated rings. The highest BCUT2D eigenvalue weighted by Crippen LogP contribution is 2.54. The third kappa shape index (κ3) is 6.15. The minimum atomic E-state index is 0.0174. The summed E-state index contributed by atoms with van der Waals surface area (Å²) in [4.78, 5) is 7.77. The summed E-state index contributed by atoms with van der Waals surface area (Å²) in [5.41, 5.74) is 23.8. The first-order valence-electron chi connectivity index (χ1n) is 23.7. The zero-order chi connectivity index (χ0) is 44.5. The summed E-state index contributed by atoms with van der Waals surface area (Å²) in [7, 11) is 0. The lowest BCUT2D eigenvalue weighted by Gasteiger charge is -2.49. The lowest BCUT2D eigenvalue weighted by Crippen LogP contribution is -2.62. The van der Waals surface area contributed by atoms with Crippen LogP contribution in [0.25, 0.3) is 0 Å². The lowest BCUT2D eigenvalue weighted by atomic mass is 9.32. The Bertz CT molecular complexity index is 2800. The van der Waals surface area contributed by atoms with Crippen molar-refractivity contribution in [2.24, 2.45) is 0 Å². The van der Waals surface area contributed by atoms with Crippen LogP contribution in [0.1, 0.15) is 114 Å². The summed E-state index contributed by atoms with van der Waals surface area (Å²) in [5, 5.41) is 0. The zero-order valence-corrected chi connectivity index (χ0v) is 39.6. The van der Waals surface area contributed by atoms with Crippen LogP contribution < -0.4 is 31.1 Å². The van der Waals surface area contributed by atoms with Crippen LogP contribution in [0.3, 0.4) is 0 Å². The molecule has 0 aromatic heterocycles. The van der Waals surface area contributed by atoms with Gasteiger partial charge < -0.3 is 14.7 Å². The molecule has 0 N–H and O–H groups in total. The summed E-state index contributed by atoms with van der Waals surface area (Å²) in [6.07, 6.45) is 4.68. The van der Waals surface area contributed by atoms with E-state index >= 15 is 0 Å². The first-order chi connectivity index (χ1) is 30.6. The van der Waals surface area contributed by atoms with Gasteiger partial charge in [-0.05, 0) is 172 Å². The standard InChI is InChI=1S/C60H62BN3/c1-39-21-17-19-27-50(39)63-52-37-46-44(57(3,4)29-31-59(46,7)8)35-48(52)61-49-36-45-47(60(9,10)32-30-58(45,5)6)38-53(49)64(51-28-20-18-22-40(51)2)55-34-43(33-54(63)56(55)61)62(41-23-13-11-14-24-41)42-25-15-12-16-26-42/h11-28,33-38H,29-32H2,1-10H3. The largest absolute Gasteiger partial charge is 0.311 e. The number of aryl methyl sites for hydroxylation is 2. The Hall–Kier alpha value is -6.00. The van der Waals surface area contributed by atoms with Gasteiger partial charge in [0.25, 0.3) is 6.71 Å². The summed E-state index contributed by atoms with van der Waals surface area (Å²) in [6, 6.07) is 55.6. The van der Waals surface area contributed by atoms with Crippen molar-refractivity contribution in [1.82, 2.24) is 0 Å². The molecule has 11 rings (SSSR count). The van der Waals surface area contributed by atoms with Crippen molar-refractivity contribution >= 4 is 74.3 Å². The molecule has 0 unspecified atom stereocenters. The molecular formula is C60H62BN3. The fourth-order valence-corrected chi connectivity index (χ4v) is 12.0. The van der Waals surface area contributed by atoms with Crippen molar-refractivity contribution < 1.29 is 0 Å². The quantitative estimate of drug-likeness (QED) is 0.160. The van der Waals surface area contributed by atoms with Gasteiger partial charge in [-0.15, -0.1) is 0 Å². The minimum absolute atomic E-state index is 0.0174. The second-order valence-electron chi connectivity index (χ2n) is 22.0. The second kappa shape index (κ2) is 14.3. The maximum absolute atomic E-state index is 2.68. The Kier molecular flexibility index (Phi) is 9.08. The number of hydrogen-bond acceptors (Lipinski definition) is 3. The number of anilines is 9. The Labute approximate surface area is 382 Å². The monoisotopic (exact) mass is 836 g/mol. The van der Waals surface area contributed by atoms with Crippen LogP contribution in [0.5, 0.6) is 0 Å². The Morgan fingerprint density at radius 3 is 1.09 bits per heavy atom. The molecule has 0 saturated heterocycles. The van der Waals surface area contributed by atoms with Gasteiger partial charge in [0.05, 0.1) is 5.69 Å². The summed E-state index contributed by atoms with van der Waals surface area (Å²) >= 11 is 0. The molecule has 0 saturated carbocycles. The SMILES string of the molecule is Cc1ccccc1N1c2cc3c(cc2B2c4cc5c(cc4N(c4ccccc4C)c4cc(N(c6ccccc6)c6ccccc6)cc1c42)C(C)(C)CCC5(C)C)C(C)(C)CCC3(C)C. The fraction of sp³-hybridized carbons (Fsp3) is 0.300. The van der Waals surface area contributed by atoms with Crippen molar-refractivity contribution in [3.05, 3.63) is 179 Å². The van der Waals surface area contributed by atoms with Crippen LogP contribution in [-0.4, -0.2) is 6.71 Å². The van der Waals surface area contributed by atoms with E-state index in [9.17, 15) is 0 Å². The molecule has 7 aromatic carbocycles. The summed E-state index contributed by atoms with van der Waals surface area (Å²) in [5.74, 6) is 0. The van der Waals surface area contributed by atoms with E-state index in [1.165, 1.54) is 110 Å². The third-order valence-corrected chi connectivity index (χ3v) is 16.0. The van der Waals surface area contributed by atoms with Crippen LogP contribution in [0.15, 0.2) is 146 Å². The van der Waals surface area contributed by atoms with Crippen molar-refractivity contribution in [2.45, 2.75) is 117 Å². The van der Waals surface area contributed by atoms with Gasteiger partial charge in [0.15, 0.2) is 0 Å². The van der Waals surface area contributed by atoms with E-state index < -0.39 is 0 Å². The molecule has 2 aliphatic heterocycles. The number of nitrogens with zero attached hydrogens (tertiary/aromatic N) is 3. The van der Waals surface area contributed by atoms with Gasteiger partial charge in [0.2, 0.25) is 0 Å². The van der Waals surface area contributed by atoms with E-state index in [1.54, 1.807) is 0 Å². The Morgan fingerprint density at radius 2 is 0.719 bits per heavy atom. The maximum Gasteiger partial charge on any atom is 0.252 e. The zero-order valence-electron chi connectivity index (χ0n) is 39.6. The van der Waals surface area contributed by atoms with E-state index in [2.05, 4.69) is 230 Å². The molecule has 320 valence electrons. The van der Waals surface area contributed by atoms with Crippen molar-refractivity contribution in [3.63, 3.8) is 0 Å². The number of benzene rings is 7. The Balaban J connectivity index is 1.33. The van der Waals surface area contributed by atoms with E-state index in [0.717, 1.165) is 17.1 Å². The van der Waals surface area contributed by atoms with Crippen LogP contribution in [0, 0.1) is 13.8 Å². The molecule has 0 spiro atoms. The van der Waals surface area contributed by atoms with Gasteiger partial charge in [-0.2, -0.15) is 0 Å². The molecule has 0 bridgehead atoms. The molecule has 2 heterocycles. The van der Waals surface area contributed by atoms with Crippen LogP contribution in [-0.2, 0) is 21.7 Å². The first-order valence-corrected chi connectivity index (χ1v) is 23.7. The molecule has 4 aliphatic rings. The average Bonchev–Trinajstić information content (AvgIpc) is 3.28. The van der Waals surface area contributed by atoms with E-state index in [-0.39, 0.29) is 28.4 Å². The molecular weight excluding hydrogens is 773 g/mol. The van der Waals surface area contributed by atoms with Crippen LogP contribution in [0.2, 0.25) is 0 Å². The second-order valence-corrected chi connectivity index (χ2v) is 22.0. The number of para-hydroxylation sites is 4. The number of fused-ring (bicyclic) bond motifs is 6. The molecule has 64 heavy (non-hydrogen) atoms. The van der Waals surface area contributed by atoms with Gasteiger partial charge in [-0.25, -0.2) is 0 Å². The smallest absolute Gasteiger partial charge is 0.252 e. The minimum Gasteiger partial charge on any atom is -0.311 e. The topological polar surface area (TPSA) is 9.72 Å². The molecule has 0 amide bonds. The van der Waals surface area contributed by atoms with Gasteiger partial charge in [-0.1, -0.05) is 140 Å². The molecule has 3 nitrogen and oxygen atoms in total. The normalized spacial score (nSPS) is 18.0. The Morgan fingerprint density at radius 1 is 0.375 bits per heavy atom. The highest BCUT2D eigenvalue weighted by atomic mass is 15.2. The van der Waals surface area contributed by atoms with Gasteiger partial charge in [0.1, 0.15) is 0 Å². The highest BCUT2D eigenvalue weighted by molar-refractivity contribution is 7.00. The van der Waals surface area contributed by atoms with Crippen LogP contribution >= 0.6 is 0 Å². The van der Waals surface area contributed by atoms with Crippen molar-refractivity contribution in [3.8, 4) is 0 Å². The molecule has 0 atom stereocenters. The molecule has 7 aromatic rings. The average molecular weight is 836 g/mol. The molecule has 0 radical (unpaired) electrons. The predicted octanol–water partition coefficient (Wildman–Crippen LogP) is 14.6. The van der Waals surface area contributed by atoms with E-state index in [4.69, 9.17) is 0 Å². The van der Waals surface area contributed by atoms with Gasteiger partial charge in [0, 0.05) is 45.5 Å². The lowest BCUT2D eigenvalue weighted by molar-refractivity contribution is 0.332. The van der Waals surface area contributed by atoms with E-state index in [1.807, 2.05) is 0 Å².